The van der Waals surface area contributed by atoms with Crippen LogP contribution in [0.15, 0.2) is 42.7 Å². The predicted molar refractivity (Wildman–Crippen MR) is 109 cm³/mol. The molecular weight excluding hydrogens is 322 g/mol. The van der Waals surface area contributed by atoms with Crippen molar-refractivity contribution in [3.8, 4) is 0 Å². The van der Waals surface area contributed by atoms with E-state index in [4.69, 9.17) is 4.98 Å². The van der Waals surface area contributed by atoms with Crippen LogP contribution >= 0.6 is 0 Å². The van der Waals surface area contributed by atoms with E-state index in [2.05, 4.69) is 52.1 Å². The molecule has 0 bridgehead atoms. The number of nitrogens with one attached hydrogen (secondary N) is 1. The molecule has 0 aromatic carbocycles. The van der Waals surface area contributed by atoms with Crippen LogP contribution in [0, 0.1) is 0 Å². The lowest BCUT2D eigenvalue weighted by molar-refractivity contribution is 0.494. The lowest BCUT2D eigenvalue weighted by Crippen LogP contribution is -2.47. The maximum atomic E-state index is 4.69. The quantitative estimate of drug-likeness (QED) is 0.787. The maximum absolute atomic E-state index is 4.69. The van der Waals surface area contributed by atoms with Crippen LogP contribution in [-0.4, -0.2) is 42.2 Å². The van der Waals surface area contributed by atoms with E-state index in [1.807, 2.05) is 24.5 Å². The number of hydrogen-bond acceptors (Lipinski definition) is 5. The topological polar surface area (TPSA) is 44.3 Å². The normalized spacial score (nSPS) is 15.9. The Morgan fingerprint density at radius 2 is 1.77 bits per heavy atom. The predicted octanol–water partition coefficient (Wildman–Crippen LogP) is 3.47. The lowest BCUT2D eigenvalue weighted by atomic mass is 10.1. The second kappa shape index (κ2) is 9.53. The van der Waals surface area contributed by atoms with Crippen LogP contribution in [0.2, 0.25) is 0 Å². The molecule has 0 radical (unpaired) electrons. The molecule has 0 saturated carbocycles. The van der Waals surface area contributed by atoms with Gasteiger partial charge in [0.2, 0.25) is 0 Å². The van der Waals surface area contributed by atoms with Crippen molar-refractivity contribution in [2.75, 3.05) is 36.0 Å². The third-order valence-corrected chi connectivity index (χ3v) is 5.05. The minimum atomic E-state index is 0.545. The molecule has 1 atom stereocenters. The monoisotopic (exact) mass is 353 g/mol. The SMILES string of the molecule is CCCC[C@H](C)NCc1cccnc1N1CCN(c2ccccn2)CC1. The van der Waals surface area contributed by atoms with E-state index in [0.29, 0.717) is 6.04 Å². The van der Waals surface area contributed by atoms with Gasteiger partial charge in [0.05, 0.1) is 0 Å². The fraction of sp³-hybridized carbons (Fsp3) is 0.524. The van der Waals surface area contributed by atoms with E-state index >= 15 is 0 Å². The van der Waals surface area contributed by atoms with Crippen molar-refractivity contribution in [1.29, 1.82) is 0 Å². The van der Waals surface area contributed by atoms with Crippen molar-refractivity contribution in [3.05, 3.63) is 48.3 Å². The zero-order chi connectivity index (χ0) is 18.2. The highest BCUT2D eigenvalue weighted by atomic mass is 15.3. The maximum Gasteiger partial charge on any atom is 0.133 e. The van der Waals surface area contributed by atoms with Crippen LogP contribution in [0.25, 0.3) is 0 Å². The van der Waals surface area contributed by atoms with Crippen molar-refractivity contribution in [2.45, 2.75) is 45.7 Å². The van der Waals surface area contributed by atoms with Gasteiger partial charge in [0.1, 0.15) is 11.6 Å². The molecule has 1 saturated heterocycles. The number of anilines is 2. The summed E-state index contributed by atoms with van der Waals surface area (Å²) in [6.45, 7) is 9.32. The average Bonchev–Trinajstić information content (AvgIpc) is 2.72. The standard InChI is InChI=1S/C21H31N5/c1-3-4-8-18(2)24-17-19-9-7-12-23-21(19)26-15-13-25(14-16-26)20-10-5-6-11-22-20/h5-7,9-12,18,24H,3-4,8,13-17H2,1-2H3/t18-/m0/s1. The van der Waals surface area contributed by atoms with Gasteiger partial charge in [-0.3, -0.25) is 0 Å². The van der Waals surface area contributed by atoms with Crippen LogP contribution in [0.3, 0.4) is 0 Å². The Balaban J connectivity index is 1.58. The number of aromatic nitrogens is 2. The Kier molecular flexibility index (Phi) is 6.83. The molecule has 2 aromatic rings. The third-order valence-electron chi connectivity index (χ3n) is 5.05. The zero-order valence-electron chi connectivity index (χ0n) is 16.1. The number of pyridine rings is 2. The van der Waals surface area contributed by atoms with Gasteiger partial charge in [-0.25, -0.2) is 9.97 Å². The minimum Gasteiger partial charge on any atom is -0.353 e. The Hall–Kier alpha value is -2.14. The van der Waals surface area contributed by atoms with Gasteiger partial charge in [-0.15, -0.1) is 0 Å². The number of piperazine rings is 1. The van der Waals surface area contributed by atoms with Crippen molar-refractivity contribution in [2.24, 2.45) is 0 Å². The molecule has 3 heterocycles. The van der Waals surface area contributed by atoms with E-state index in [1.165, 1.54) is 24.8 Å². The summed E-state index contributed by atoms with van der Waals surface area (Å²) < 4.78 is 0. The lowest BCUT2D eigenvalue weighted by Gasteiger charge is -2.36. The summed E-state index contributed by atoms with van der Waals surface area (Å²) in [4.78, 5) is 13.9. The molecule has 1 fully saturated rings. The van der Waals surface area contributed by atoms with E-state index in [1.54, 1.807) is 0 Å². The fourth-order valence-electron chi connectivity index (χ4n) is 3.44. The molecule has 26 heavy (non-hydrogen) atoms. The Morgan fingerprint density at radius 1 is 1.00 bits per heavy atom. The Morgan fingerprint density at radius 3 is 2.50 bits per heavy atom. The van der Waals surface area contributed by atoms with Gasteiger partial charge in [0.25, 0.3) is 0 Å². The van der Waals surface area contributed by atoms with Crippen molar-refractivity contribution in [3.63, 3.8) is 0 Å². The van der Waals surface area contributed by atoms with Crippen LogP contribution in [0.4, 0.5) is 11.6 Å². The molecule has 1 aliphatic rings. The van der Waals surface area contributed by atoms with Gasteiger partial charge in [-0.1, -0.05) is 31.9 Å². The molecule has 0 amide bonds. The smallest absolute Gasteiger partial charge is 0.133 e. The van der Waals surface area contributed by atoms with Crippen LogP contribution < -0.4 is 15.1 Å². The molecule has 5 heteroatoms. The molecule has 5 nitrogen and oxygen atoms in total. The summed E-state index contributed by atoms with van der Waals surface area (Å²) in [5.41, 5.74) is 1.29. The first-order valence-electron chi connectivity index (χ1n) is 9.86. The average molecular weight is 354 g/mol. The van der Waals surface area contributed by atoms with Gasteiger partial charge in [0.15, 0.2) is 0 Å². The molecule has 1 aliphatic heterocycles. The first-order valence-corrected chi connectivity index (χ1v) is 9.86. The molecule has 0 aliphatic carbocycles. The number of unbranched alkanes of at least 4 members (excludes halogenated alkanes) is 1. The molecule has 0 unspecified atom stereocenters. The van der Waals surface area contributed by atoms with Gasteiger partial charge in [-0.2, -0.15) is 0 Å². The molecule has 3 rings (SSSR count). The van der Waals surface area contributed by atoms with Crippen LogP contribution in [-0.2, 0) is 6.54 Å². The minimum absolute atomic E-state index is 0.545. The summed E-state index contributed by atoms with van der Waals surface area (Å²) in [6.07, 6.45) is 7.54. The molecule has 140 valence electrons. The number of nitrogens with zero attached hydrogens (tertiary/aromatic N) is 4. The fourth-order valence-corrected chi connectivity index (χ4v) is 3.44. The van der Waals surface area contributed by atoms with E-state index in [-0.39, 0.29) is 0 Å². The summed E-state index contributed by atoms with van der Waals surface area (Å²) in [5, 5.41) is 3.66. The summed E-state index contributed by atoms with van der Waals surface area (Å²) in [6, 6.07) is 10.9. The summed E-state index contributed by atoms with van der Waals surface area (Å²) in [7, 11) is 0. The summed E-state index contributed by atoms with van der Waals surface area (Å²) in [5.74, 6) is 2.20. The van der Waals surface area contributed by atoms with Gasteiger partial charge < -0.3 is 15.1 Å². The molecule has 1 N–H and O–H groups in total. The van der Waals surface area contributed by atoms with Crippen molar-refractivity contribution >= 4 is 11.6 Å². The van der Waals surface area contributed by atoms with E-state index < -0.39 is 0 Å². The van der Waals surface area contributed by atoms with Gasteiger partial charge in [-0.05, 0) is 31.5 Å². The van der Waals surface area contributed by atoms with E-state index in [0.717, 1.165) is 44.4 Å². The molecule has 0 spiro atoms. The second-order valence-corrected chi connectivity index (χ2v) is 7.07. The Labute approximate surface area is 157 Å². The van der Waals surface area contributed by atoms with E-state index in [9.17, 15) is 0 Å². The highest BCUT2D eigenvalue weighted by molar-refractivity contribution is 5.49. The Bertz CT molecular complexity index is 652. The highest BCUT2D eigenvalue weighted by Crippen LogP contribution is 2.21. The number of hydrogen-bond donors (Lipinski definition) is 1. The molecular formula is C21H31N5. The first kappa shape index (κ1) is 18.6. The van der Waals surface area contributed by atoms with Crippen LogP contribution in [0.1, 0.15) is 38.7 Å². The zero-order valence-corrected chi connectivity index (χ0v) is 16.1. The van der Waals surface area contributed by atoms with Gasteiger partial charge in [0, 0.05) is 56.7 Å². The highest BCUT2D eigenvalue weighted by Gasteiger charge is 2.20. The second-order valence-electron chi connectivity index (χ2n) is 7.07. The molecule has 2 aromatic heterocycles. The van der Waals surface area contributed by atoms with Crippen LogP contribution in [0.5, 0.6) is 0 Å². The third kappa shape index (κ3) is 4.94. The number of rotatable bonds is 8. The van der Waals surface area contributed by atoms with Crippen molar-refractivity contribution < 1.29 is 0 Å². The summed E-state index contributed by atoms with van der Waals surface area (Å²) >= 11 is 0. The van der Waals surface area contributed by atoms with Gasteiger partial charge >= 0.3 is 0 Å². The first-order chi connectivity index (χ1) is 12.8. The van der Waals surface area contributed by atoms with Crippen molar-refractivity contribution in [1.82, 2.24) is 15.3 Å². The largest absolute Gasteiger partial charge is 0.353 e.